The Hall–Kier alpha value is -2.12. The predicted octanol–water partition coefficient (Wildman–Crippen LogP) is 1.82. The summed E-state index contributed by atoms with van der Waals surface area (Å²) in [6, 6.07) is 7.88. The smallest absolute Gasteiger partial charge is 0.256 e. The van der Waals surface area contributed by atoms with E-state index in [9.17, 15) is 13.2 Å². The maximum Gasteiger partial charge on any atom is 0.256 e. The van der Waals surface area contributed by atoms with E-state index in [1.165, 1.54) is 13.8 Å². The summed E-state index contributed by atoms with van der Waals surface area (Å²) in [5, 5.41) is 7.90. The summed E-state index contributed by atoms with van der Waals surface area (Å²) in [5.41, 5.74) is 2.25. The van der Waals surface area contributed by atoms with Gasteiger partial charge in [-0.1, -0.05) is 24.3 Å². The van der Waals surface area contributed by atoms with E-state index in [-0.39, 0.29) is 22.0 Å². The number of rotatable bonds is 5. The van der Waals surface area contributed by atoms with Crippen LogP contribution in [-0.4, -0.2) is 20.9 Å². The predicted molar refractivity (Wildman–Crippen MR) is 86.8 cm³/mol. The average molecular weight is 336 g/mol. The number of benzene rings is 1. The van der Waals surface area contributed by atoms with Gasteiger partial charge in [0.05, 0.1) is 0 Å². The maximum absolute atomic E-state index is 12.3. The van der Waals surface area contributed by atoms with Gasteiger partial charge in [-0.25, -0.2) is 13.6 Å². The zero-order chi connectivity index (χ0) is 17.2. The lowest BCUT2D eigenvalue weighted by Gasteiger charge is -2.08. The molecule has 7 heteroatoms. The van der Waals surface area contributed by atoms with Gasteiger partial charge in [-0.2, -0.15) is 0 Å². The van der Waals surface area contributed by atoms with E-state index >= 15 is 0 Å². The van der Waals surface area contributed by atoms with E-state index in [0.29, 0.717) is 13.0 Å². The van der Waals surface area contributed by atoms with Gasteiger partial charge in [0.25, 0.3) is 5.91 Å². The molecule has 23 heavy (non-hydrogen) atoms. The minimum atomic E-state index is -4.03. The first-order chi connectivity index (χ1) is 10.7. The molecule has 1 aromatic carbocycles. The van der Waals surface area contributed by atoms with Crippen molar-refractivity contribution in [1.29, 1.82) is 0 Å². The highest BCUT2D eigenvalue weighted by molar-refractivity contribution is 7.89. The molecule has 0 atom stereocenters. The number of carbonyl (C=O) groups is 1. The molecule has 0 aliphatic carbocycles. The molecule has 2 aromatic rings. The van der Waals surface area contributed by atoms with Gasteiger partial charge in [-0.15, -0.1) is 0 Å². The molecule has 0 radical (unpaired) electrons. The van der Waals surface area contributed by atoms with E-state index in [1.807, 2.05) is 31.2 Å². The fraction of sp³-hybridized carbons (Fsp3) is 0.312. The molecule has 0 unspecified atom stereocenters. The van der Waals surface area contributed by atoms with Gasteiger partial charge in [-0.3, -0.25) is 4.79 Å². The van der Waals surface area contributed by atoms with Gasteiger partial charge in [0.15, 0.2) is 0 Å². The van der Waals surface area contributed by atoms with Crippen LogP contribution in [0.4, 0.5) is 0 Å². The number of aryl methyl sites for hydroxylation is 3. The normalized spacial score (nSPS) is 11.5. The van der Waals surface area contributed by atoms with Crippen LogP contribution in [0.2, 0.25) is 0 Å². The first-order valence-corrected chi connectivity index (χ1v) is 8.72. The number of nitrogens with two attached hydrogens (primary N) is 1. The number of hydrogen-bond acceptors (Lipinski definition) is 4. The molecule has 124 valence electrons. The van der Waals surface area contributed by atoms with Crippen LogP contribution in [0.1, 0.15) is 33.0 Å². The SMILES string of the molecule is Cc1ccccc1CCNC(=O)c1c(C)oc(C)c1S(N)(=O)=O. The lowest BCUT2D eigenvalue weighted by atomic mass is 10.1. The molecular weight excluding hydrogens is 316 g/mol. The van der Waals surface area contributed by atoms with Gasteiger partial charge < -0.3 is 9.73 Å². The molecule has 0 aliphatic rings. The largest absolute Gasteiger partial charge is 0.464 e. The van der Waals surface area contributed by atoms with Crippen LogP contribution >= 0.6 is 0 Å². The molecule has 0 aliphatic heterocycles. The Morgan fingerprint density at radius 1 is 1.17 bits per heavy atom. The third-order valence-corrected chi connectivity index (χ3v) is 4.72. The second kappa shape index (κ2) is 6.55. The Morgan fingerprint density at radius 3 is 2.43 bits per heavy atom. The number of carbonyl (C=O) groups excluding carboxylic acids is 1. The first kappa shape index (κ1) is 17.2. The summed E-state index contributed by atoms with van der Waals surface area (Å²) in [5.74, 6) is -0.147. The Kier molecular flexibility index (Phi) is 4.91. The first-order valence-electron chi connectivity index (χ1n) is 7.17. The zero-order valence-corrected chi connectivity index (χ0v) is 14.2. The number of sulfonamides is 1. The van der Waals surface area contributed by atoms with Crippen LogP contribution in [0.25, 0.3) is 0 Å². The number of nitrogens with one attached hydrogen (secondary N) is 1. The second-order valence-corrected chi connectivity index (χ2v) is 6.89. The number of hydrogen-bond donors (Lipinski definition) is 2. The number of primary sulfonamides is 1. The highest BCUT2D eigenvalue weighted by atomic mass is 32.2. The second-order valence-electron chi connectivity index (χ2n) is 5.40. The topological polar surface area (TPSA) is 102 Å². The number of furan rings is 1. The molecule has 1 heterocycles. The van der Waals surface area contributed by atoms with Crippen LogP contribution in [0.5, 0.6) is 0 Å². The van der Waals surface area contributed by atoms with Gasteiger partial charge in [-0.05, 0) is 38.3 Å². The van der Waals surface area contributed by atoms with Crippen molar-refractivity contribution in [2.75, 3.05) is 6.54 Å². The van der Waals surface area contributed by atoms with Crippen molar-refractivity contribution in [2.24, 2.45) is 5.14 Å². The zero-order valence-electron chi connectivity index (χ0n) is 13.3. The third-order valence-electron chi connectivity index (χ3n) is 3.66. The molecular formula is C16H20N2O4S. The van der Waals surface area contributed by atoms with Crippen LogP contribution in [0.3, 0.4) is 0 Å². The molecule has 0 bridgehead atoms. The summed E-state index contributed by atoms with van der Waals surface area (Å²) in [6.45, 7) is 5.39. The lowest BCUT2D eigenvalue weighted by Crippen LogP contribution is -2.28. The molecule has 0 fully saturated rings. The molecule has 1 amide bonds. The summed E-state index contributed by atoms with van der Waals surface area (Å²) in [7, 11) is -4.03. The highest BCUT2D eigenvalue weighted by Gasteiger charge is 2.28. The van der Waals surface area contributed by atoms with Crippen molar-refractivity contribution in [3.8, 4) is 0 Å². The monoisotopic (exact) mass is 336 g/mol. The average Bonchev–Trinajstić information content (AvgIpc) is 2.75. The van der Waals surface area contributed by atoms with Crippen molar-refractivity contribution in [2.45, 2.75) is 32.1 Å². The minimum Gasteiger partial charge on any atom is -0.464 e. The molecule has 0 saturated carbocycles. The lowest BCUT2D eigenvalue weighted by molar-refractivity contribution is 0.0949. The Balaban J connectivity index is 2.15. The molecule has 0 spiro atoms. The van der Waals surface area contributed by atoms with Crippen molar-refractivity contribution in [3.63, 3.8) is 0 Å². The molecule has 3 N–H and O–H groups in total. The summed E-state index contributed by atoms with van der Waals surface area (Å²) >= 11 is 0. The van der Waals surface area contributed by atoms with E-state index in [1.54, 1.807) is 0 Å². The molecule has 1 aromatic heterocycles. The fourth-order valence-corrected chi connectivity index (χ4v) is 3.52. The Labute approximate surface area is 135 Å². The minimum absolute atomic E-state index is 0.0187. The highest BCUT2D eigenvalue weighted by Crippen LogP contribution is 2.25. The molecule has 0 saturated heterocycles. The van der Waals surface area contributed by atoms with Crippen LogP contribution in [0.15, 0.2) is 33.6 Å². The van der Waals surface area contributed by atoms with E-state index in [2.05, 4.69) is 5.32 Å². The molecule has 6 nitrogen and oxygen atoms in total. The van der Waals surface area contributed by atoms with Crippen molar-refractivity contribution < 1.29 is 17.6 Å². The van der Waals surface area contributed by atoms with Crippen LogP contribution in [-0.2, 0) is 16.4 Å². The van der Waals surface area contributed by atoms with E-state index < -0.39 is 15.9 Å². The fourth-order valence-electron chi connectivity index (χ4n) is 2.56. The standard InChI is InChI=1S/C16H20N2O4S/c1-10-6-4-5-7-13(10)8-9-18-16(19)14-11(2)22-12(3)15(14)23(17,20)21/h4-7H,8-9H2,1-3H3,(H,18,19)(H2,17,20,21). The summed E-state index contributed by atoms with van der Waals surface area (Å²) in [6.07, 6.45) is 0.652. The quantitative estimate of drug-likeness (QED) is 0.869. The maximum atomic E-state index is 12.3. The molecule has 2 rings (SSSR count). The summed E-state index contributed by atoms with van der Waals surface area (Å²) in [4.78, 5) is 12.1. The Morgan fingerprint density at radius 2 is 1.83 bits per heavy atom. The van der Waals surface area contributed by atoms with Crippen molar-refractivity contribution in [3.05, 3.63) is 52.5 Å². The van der Waals surface area contributed by atoms with Gasteiger partial charge in [0, 0.05) is 6.54 Å². The van der Waals surface area contributed by atoms with Crippen molar-refractivity contribution >= 4 is 15.9 Å². The number of amides is 1. The van der Waals surface area contributed by atoms with E-state index in [4.69, 9.17) is 9.56 Å². The summed E-state index contributed by atoms with van der Waals surface area (Å²) < 4.78 is 28.6. The van der Waals surface area contributed by atoms with Gasteiger partial charge in [0.2, 0.25) is 10.0 Å². The van der Waals surface area contributed by atoms with E-state index in [0.717, 1.165) is 11.1 Å². The Bertz CT molecular complexity index is 838. The van der Waals surface area contributed by atoms with Gasteiger partial charge in [0.1, 0.15) is 22.0 Å². The van der Waals surface area contributed by atoms with Crippen LogP contribution < -0.4 is 10.5 Å². The van der Waals surface area contributed by atoms with Crippen molar-refractivity contribution in [1.82, 2.24) is 5.32 Å². The van der Waals surface area contributed by atoms with Gasteiger partial charge >= 0.3 is 0 Å². The van der Waals surface area contributed by atoms with Crippen LogP contribution in [0, 0.1) is 20.8 Å². The third kappa shape index (κ3) is 3.80.